The van der Waals surface area contributed by atoms with Crippen molar-refractivity contribution in [2.45, 2.75) is 32.9 Å². The summed E-state index contributed by atoms with van der Waals surface area (Å²) in [6.07, 6.45) is 1.31. The third kappa shape index (κ3) is 5.37. The summed E-state index contributed by atoms with van der Waals surface area (Å²) >= 11 is 0. The molecule has 10 heteroatoms. The second-order valence-electron chi connectivity index (χ2n) is 6.33. The molecule has 0 bridgehead atoms. The fraction of sp³-hybridized carbons (Fsp3) is 0.333. The van der Waals surface area contributed by atoms with Crippen LogP contribution in [0.3, 0.4) is 0 Å². The van der Waals surface area contributed by atoms with Crippen LogP contribution in [0.2, 0.25) is 0 Å². The second-order valence-corrected chi connectivity index (χ2v) is 6.33. The zero-order valence-corrected chi connectivity index (χ0v) is 14.0. The van der Waals surface area contributed by atoms with Gasteiger partial charge >= 0.3 is 6.03 Å². The minimum atomic E-state index is -0.600. The summed E-state index contributed by atoms with van der Waals surface area (Å²) < 4.78 is 1.24. The highest BCUT2D eigenvalue weighted by Crippen LogP contribution is 2.20. The Balaban J connectivity index is 2.02. The zero-order valence-electron chi connectivity index (χ0n) is 14.0. The highest BCUT2D eigenvalue weighted by atomic mass is 16.6. The smallest absolute Gasteiger partial charge is 0.321 e. The van der Waals surface area contributed by atoms with Crippen LogP contribution in [0, 0.1) is 10.1 Å². The molecule has 0 saturated carbocycles. The Kier molecular flexibility index (Phi) is 5.11. The van der Waals surface area contributed by atoms with Crippen LogP contribution in [0.5, 0.6) is 0 Å². The number of nitro groups is 1. The van der Waals surface area contributed by atoms with Crippen LogP contribution in [-0.4, -0.2) is 37.2 Å². The molecule has 0 aliphatic heterocycles. The maximum atomic E-state index is 11.8. The van der Waals surface area contributed by atoms with Gasteiger partial charge in [0.15, 0.2) is 5.82 Å². The van der Waals surface area contributed by atoms with Crippen molar-refractivity contribution in [3.8, 4) is 11.4 Å². The topological polar surface area (TPSA) is 132 Å². The Morgan fingerprint density at radius 2 is 2.04 bits per heavy atom. The molecule has 0 spiro atoms. The number of hydrogen-bond donors (Lipinski definition) is 2. The molecule has 0 aliphatic rings. The van der Waals surface area contributed by atoms with Crippen LogP contribution in [0.15, 0.2) is 30.6 Å². The summed E-state index contributed by atoms with van der Waals surface area (Å²) in [6, 6.07) is 5.26. The molecule has 1 aromatic heterocycles. The average molecular weight is 346 g/mol. The van der Waals surface area contributed by atoms with Crippen molar-refractivity contribution >= 4 is 17.6 Å². The molecule has 0 aliphatic carbocycles. The van der Waals surface area contributed by atoms with Crippen molar-refractivity contribution in [2.75, 3.05) is 0 Å². The molecule has 0 radical (unpaired) electrons. The summed E-state index contributed by atoms with van der Waals surface area (Å²) in [6.45, 7) is 5.17. The summed E-state index contributed by atoms with van der Waals surface area (Å²) in [5.41, 5.74) is -0.0865. The standard InChI is InChI=1S/C15H18N6O4/c1-15(2,3)18-14(23)17-12(22)8-20-9-16-13(19-20)10-5-4-6-11(7-10)21(24)25/h4-7,9H,8H2,1-3H3,(H2,17,18,22,23). The fourth-order valence-electron chi connectivity index (χ4n) is 1.95. The second kappa shape index (κ2) is 7.07. The summed E-state index contributed by atoms with van der Waals surface area (Å²) in [4.78, 5) is 37.8. The molecular formula is C15H18N6O4. The first-order chi connectivity index (χ1) is 11.6. The van der Waals surface area contributed by atoms with Crippen molar-refractivity contribution in [2.24, 2.45) is 0 Å². The lowest BCUT2D eigenvalue weighted by atomic mass is 10.1. The molecule has 25 heavy (non-hydrogen) atoms. The lowest BCUT2D eigenvalue weighted by Gasteiger charge is -2.20. The van der Waals surface area contributed by atoms with E-state index in [-0.39, 0.29) is 18.1 Å². The van der Waals surface area contributed by atoms with Gasteiger partial charge in [-0.2, -0.15) is 5.10 Å². The molecule has 2 rings (SSSR count). The summed E-state index contributed by atoms with van der Waals surface area (Å²) in [7, 11) is 0. The van der Waals surface area contributed by atoms with E-state index in [9.17, 15) is 19.7 Å². The molecule has 0 atom stereocenters. The van der Waals surface area contributed by atoms with Crippen LogP contribution in [0.25, 0.3) is 11.4 Å². The van der Waals surface area contributed by atoms with Gasteiger partial charge in [0.2, 0.25) is 5.91 Å². The number of nitrogens with one attached hydrogen (secondary N) is 2. The maximum absolute atomic E-state index is 11.8. The van der Waals surface area contributed by atoms with Gasteiger partial charge in [-0.05, 0) is 20.8 Å². The minimum Gasteiger partial charge on any atom is -0.333 e. The molecule has 2 N–H and O–H groups in total. The Labute approximate surface area is 143 Å². The number of nitro benzene ring substituents is 1. The first-order valence-corrected chi connectivity index (χ1v) is 7.40. The van der Waals surface area contributed by atoms with Gasteiger partial charge in [0.25, 0.3) is 5.69 Å². The van der Waals surface area contributed by atoms with Crippen molar-refractivity contribution in [1.29, 1.82) is 0 Å². The molecule has 0 saturated heterocycles. The third-order valence-corrected chi connectivity index (χ3v) is 2.90. The number of non-ortho nitro benzene ring substituents is 1. The maximum Gasteiger partial charge on any atom is 0.321 e. The molecule has 0 unspecified atom stereocenters. The molecular weight excluding hydrogens is 328 g/mol. The van der Waals surface area contributed by atoms with Gasteiger partial charge in [-0.15, -0.1) is 0 Å². The molecule has 132 valence electrons. The number of rotatable bonds is 4. The number of hydrogen-bond acceptors (Lipinski definition) is 6. The molecule has 3 amide bonds. The van der Waals surface area contributed by atoms with Crippen molar-refractivity contribution in [3.63, 3.8) is 0 Å². The normalized spacial score (nSPS) is 11.0. The van der Waals surface area contributed by atoms with Gasteiger partial charge in [-0.1, -0.05) is 12.1 Å². The van der Waals surface area contributed by atoms with E-state index < -0.39 is 22.4 Å². The van der Waals surface area contributed by atoms with Gasteiger partial charge in [0, 0.05) is 23.2 Å². The number of imide groups is 1. The van der Waals surface area contributed by atoms with Crippen molar-refractivity contribution in [1.82, 2.24) is 25.4 Å². The number of aromatic nitrogens is 3. The highest BCUT2D eigenvalue weighted by Gasteiger charge is 2.16. The van der Waals surface area contributed by atoms with E-state index in [1.807, 2.05) is 0 Å². The lowest BCUT2D eigenvalue weighted by Crippen LogP contribution is -2.48. The van der Waals surface area contributed by atoms with Crippen LogP contribution in [0.1, 0.15) is 20.8 Å². The highest BCUT2D eigenvalue weighted by molar-refractivity contribution is 5.94. The quantitative estimate of drug-likeness (QED) is 0.636. The number of amides is 3. The third-order valence-electron chi connectivity index (χ3n) is 2.90. The minimum absolute atomic E-state index is 0.0783. The number of urea groups is 1. The number of benzene rings is 1. The average Bonchev–Trinajstić information content (AvgIpc) is 2.93. The van der Waals surface area contributed by atoms with E-state index in [0.29, 0.717) is 5.56 Å². The van der Waals surface area contributed by atoms with Crippen molar-refractivity contribution < 1.29 is 14.5 Å². The number of nitrogens with zero attached hydrogens (tertiary/aromatic N) is 4. The summed E-state index contributed by atoms with van der Waals surface area (Å²) in [5.74, 6) is -0.312. The van der Waals surface area contributed by atoms with Gasteiger partial charge in [0.1, 0.15) is 12.9 Å². The molecule has 2 aromatic rings. The zero-order chi connectivity index (χ0) is 18.6. The largest absolute Gasteiger partial charge is 0.333 e. The van der Waals surface area contributed by atoms with E-state index in [1.165, 1.54) is 29.2 Å². The molecule has 10 nitrogen and oxygen atoms in total. The van der Waals surface area contributed by atoms with Crippen molar-refractivity contribution in [3.05, 3.63) is 40.7 Å². The lowest BCUT2D eigenvalue weighted by molar-refractivity contribution is -0.384. The van der Waals surface area contributed by atoms with E-state index in [2.05, 4.69) is 20.7 Å². The monoisotopic (exact) mass is 346 g/mol. The van der Waals surface area contributed by atoms with E-state index in [4.69, 9.17) is 0 Å². The fourth-order valence-corrected chi connectivity index (χ4v) is 1.95. The SMILES string of the molecule is CC(C)(C)NC(=O)NC(=O)Cn1cnc(-c2cccc([N+](=O)[O-])c2)n1. The van der Waals surface area contributed by atoms with Gasteiger partial charge in [-0.25, -0.2) is 14.5 Å². The van der Waals surface area contributed by atoms with E-state index in [0.717, 1.165) is 0 Å². The van der Waals surface area contributed by atoms with Crippen LogP contribution >= 0.6 is 0 Å². The predicted octanol–water partition coefficient (Wildman–Crippen LogP) is 1.48. The summed E-state index contributed by atoms with van der Waals surface area (Å²) in [5, 5.41) is 19.7. The van der Waals surface area contributed by atoms with E-state index >= 15 is 0 Å². The predicted molar refractivity (Wildman–Crippen MR) is 88.5 cm³/mol. The van der Waals surface area contributed by atoms with Gasteiger partial charge < -0.3 is 5.32 Å². The number of carbonyl (C=O) groups is 2. The number of carbonyl (C=O) groups excluding carboxylic acids is 2. The molecule has 1 aromatic carbocycles. The Morgan fingerprint density at radius 1 is 1.32 bits per heavy atom. The Bertz CT molecular complexity index is 808. The Hall–Kier alpha value is -3.30. The van der Waals surface area contributed by atoms with E-state index in [1.54, 1.807) is 26.8 Å². The van der Waals surface area contributed by atoms with Crippen LogP contribution in [0.4, 0.5) is 10.5 Å². The van der Waals surface area contributed by atoms with Crippen LogP contribution < -0.4 is 10.6 Å². The Morgan fingerprint density at radius 3 is 2.68 bits per heavy atom. The molecule has 1 heterocycles. The van der Waals surface area contributed by atoms with Gasteiger partial charge in [-0.3, -0.25) is 20.2 Å². The van der Waals surface area contributed by atoms with Gasteiger partial charge in [0.05, 0.1) is 4.92 Å². The first kappa shape index (κ1) is 18.0. The first-order valence-electron chi connectivity index (χ1n) is 7.40. The van der Waals surface area contributed by atoms with Crippen LogP contribution in [-0.2, 0) is 11.3 Å². The molecule has 0 fully saturated rings.